The van der Waals surface area contributed by atoms with E-state index in [0.717, 1.165) is 24.8 Å². The maximum absolute atomic E-state index is 13.3. The molecule has 1 saturated carbocycles. The smallest absolute Gasteiger partial charge is 0.157 e. The summed E-state index contributed by atoms with van der Waals surface area (Å²) in [6.07, 6.45) is 4.44. The first kappa shape index (κ1) is 15.2. The number of ketones is 1. The van der Waals surface area contributed by atoms with Gasteiger partial charge in [-0.15, -0.1) is 0 Å². The van der Waals surface area contributed by atoms with Crippen LogP contribution in [0.2, 0.25) is 0 Å². The van der Waals surface area contributed by atoms with Gasteiger partial charge in [0.15, 0.2) is 5.78 Å². The van der Waals surface area contributed by atoms with Crippen LogP contribution in [0, 0.1) is 11.7 Å². The van der Waals surface area contributed by atoms with Gasteiger partial charge in [0, 0.05) is 6.42 Å². The third kappa shape index (κ3) is 3.09. The van der Waals surface area contributed by atoms with Crippen LogP contribution in [0.5, 0.6) is 0 Å². The molecular formula is C17H24FNO. The van der Waals surface area contributed by atoms with Crippen LogP contribution in [0.1, 0.15) is 38.2 Å². The normalized spacial score (nSPS) is 26.8. The Labute approximate surface area is 121 Å². The summed E-state index contributed by atoms with van der Waals surface area (Å²) in [6.45, 7) is 2.22. The van der Waals surface area contributed by atoms with Gasteiger partial charge in [0.25, 0.3) is 0 Å². The number of halogens is 1. The largest absolute Gasteiger partial charge is 0.297 e. The van der Waals surface area contributed by atoms with Crippen molar-refractivity contribution in [2.45, 2.75) is 44.6 Å². The van der Waals surface area contributed by atoms with Crippen molar-refractivity contribution in [1.82, 2.24) is 4.90 Å². The maximum atomic E-state index is 13.3. The van der Waals surface area contributed by atoms with E-state index >= 15 is 0 Å². The van der Waals surface area contributed by atoms with Gasteiger partial charge in [-0.1, -0.05) is 31.9 Å². The monoisotopic (exact) mass is 277 g/mol. The zero-order chi connectivity index (χ0) is 14.8. The fraction of sp³-hybridized carbons (Fsp3) is 0.588. The number of rotatable bonds is 4. The number of likely N-dealkylation sites (N-methyl/N-ethyl adjacent to an activating group) is 1. The molecule has 0 spiro atoms. The highest BCUT2D eigenvalue weighted by Crippen LogP contribution is 2.37. The second-order valence-corrected chi connectivity index (χ2v) is 6.36. The average Bonchev–Trinajstić information content (AvgIpc) is 2.38. The standard InChI is InChI=1S/C17H24FNO/c1-13-6-5-9-17(12-13,19(2)3)16(20)11-14-7-4-8-15(18)10-14/h4,7-8,10,13H,5-6,9,11-12H2,1-3H3. The summed E-state index contributed by atoms with van der Waals surface area (Å²) in [7, 11) is 3.98. The molecule has 2 atom stereocenters. The lowest BCUT2D eigenvalue weighted by Crippen LogP contribution is -2.54. The SMILES string of the molecule is CC1CCCC(C(=O)Cc2cccc(F)c2)(N(C)C)C1. The van der Waals surface area contributed by atoms with Crippen molar-refractivity contribution in [2.75, 3.05) is 14.1 Å². The van der Waals surface area contributed by atoms with E-state index in [1.807, 2.05) is 20.2 Å². The van der Waals surface area contributed by atoms with Gasteiger partial charge < -0.3 is 0 Å². The van der Waals surface area contributed by atoms with E-state index in [1.165, 1.54) is 18.6 Å². The molecule has 0 amide bonds. The molecule has 20 heavy (non-hydrogen) atoms. The van der Waals surface area contributed by atoms with Crippen molar-refractivity contribution < 1.29 is 9.18 Å². The van der Waals surface area contributed by atoms with Crippen molar-refractivity contribution in [3.63, 3.8) is 0 Å². The van der Waals surface area contributed by atoms with Crippen LogP contribution in [-0.2, 0) is 11.2 Å². The summed E-state index contributed by atoms with van der Waals surface area (Å²) in [6, 6.07) is 6.38. The highest BCUT2D eigenvalue weighted by molar-refractivity contribution is 5.90. The zero-order valence-corrected chi connectivity index (χ0v) is 12.7. The first-order valence-electron chi connectivity index (χ1n) is 7.39. The Morgan fingerprint density at radius 1 is 1.45 bits per heavy atom. The minimum atomic E-state index is -0.371. The Balaban J connectivity index is 2.19. The number of carbonyl (C=O) groups is 1. The Morgan fingerprint density at radius 2 is 2.20 bits per heavy atom. The number of hydrogen-bond donors (Lipinski definition) is 0. The number of nitrogens with zero attached hydrogens (tertiary/aromatic N) is 1. The van der Waals surface area contributed by atoms with Gasteiger partial charge >= 0.3 is 0 Å². The van der Waals surface area contributed by atoms with Crippen LogP contribution in [0.4, 0.5) is 4.39 Å². The second-order valence-electron chi connectivity index (χ2n) is 6.36. The molecule has 0 aromatic heterocycles. The molecule has 0 radical (unpaired) electrons. The molecule has 2 nitrogen and oxygen atoms in total. The fourth-order valence-corrected chi connectivity index (χ4v) is 3.43. The van der Waals surface area contributed by atoms with E-state index in [-0.39, 0.29) is 17.1 Å². The molecule has 1 aromatic carbocycles. The lowest BCUT2D eigenvalue weighted by molar-refractivity contribution is -0.132. The molecule has 2 rings (SSSR count). The highest BCUT2D eigenvalue weighted by Gasteiger charge is 2.42. The molecule has 0 aliphatic heterocycles. The van der Waals surface area contributed by atoms with Crippen LogP contribution in [0.25, 0.3) is 0 Å². The van der Waals surface area contributed by atoms with Crippen LogP contribution < -0.4 is 0 Å². The van der Waals surface area contributed by atoms with Gasteiger partial charge in [0.1, 0.15) is 5.82 Å². The van der Waals surface area contributed by atoms with Crippen molar-refractivity contribution in [2.24, 2.45) is 5.92 Å². The molecule has 0 saturated heterocycles. The van der Waals surface area contributed by atoms with E-state index in [2.05, 4.69) is 11.8 Å². The summed E-state index contributed by atoms with van der Waals surface area (Å²) in [5.74, 6) is 0.522. The van der Waals surface area contributed by atoms with Crippen molar-refractivity contribution >= 4 is 5.78 Å². The topological polar surface area (TPSA) is 20.3 Å². The van der Waals surface area contributed by atoms with Crippen molar-refractivity contribution in [3.8, 4) is 0 Å². The number of benzene rings is 1. The molecule has 3 heteroatoms. The van der Waals surface area contributed by atoms with Gasteiger partial charge in [-0.05, 0) is 50.6 Å². The maximum Gasteiger partial charge on any atom is 0.157 e. The van der Waals surface area contributed by atoms with Crippen molar-refractivity contribution in [3.05, 3.63) is 35.6 Å². The van der Waals surface area contributed by atoms with Gasteiger partial charge in [-0.25, -0.2) is 4.39 Å². The Bertz CT molecular complexity index is 486. The van der Waals surface area contributed by atoms with Crippen LogP contribution >= 0.6 is 0 Å². The molecule has 1 aliphatic carbocycles. The third-order valence-electron chi connectivity index (χ3n) is 4.60. The second kappa shape index (κ2) is 6.04. The Morgan fingerprint density at radius 3 is 2.80 bits per heavy atom. The summed E-state index contributed by atoms with van der Waals surface area (Å²) in [4.78, 5) is 14.9. The van der Waals surface area contributed by atoms with E-state index in [0.29, 0.717) is 12.3 Å². The molecule has 110 valence electrons. The first-order chi connectivity index (χ1) is 9.44. The molecular weight excluding hydrogens is 253 g/mol. The summed E-state index contributed by atoms with van der Waals surface area (Å²) >= 11 is 0. The van der Waals surface area contributed by atoms with Gasteiger partial charge in [0.2, 0.25) is 0 Å². The predicted molar refractivity (Wildman–Crippen MR) is 79.2 cm³/mol. The summed E-state index contributed by atoms with van der Waals surface area (Å²) in [5, 5.41) is 0. The van der Waals surface area contributed by atoms with Crippen LogP contribution in [-0.4, -0.2) is 30.3 Å². The predicted octanol–water partition coefficient (Wildman–Crippen LogP) is 3.45. The molecule has 2 unspecified atom stereocenters. The first-order valence-corrected chi connectivity index (χ1v) is 7.39. The number of carbonyl (C=O) groups excluding carboxylic acids is 1. The van der Waals surface area contributed by atoms with Crippen LogP contribution in [0.15, 0.2) is 24.3 Å². The minimum absolute atomic E-state index is 0.222. The lowest BCUT2D eigenvalue weighted by Gasteiger charge is -2.44. The van der Waals surface area contributed by atoms with Gasteiger partial charge in [-0.2, -0.15) is 0 Å². The Hall–Kier alpha value is -1.22. The summed E-state index contributed by atoms with van der Waals surface area (Å²) in [5.41, 5.74) is 0.402. The fourth-order valence-electron chi connectivity index (χ4n) is 3.43. The molecule has 0 heterocycles. The molecule has 1 aliphatic rings. The van der Waals surface area contributed by atoms with E-state index < -0.39 is 0 Å². The van der Waals surface area contributed by atoms with Gasteiger partial charge in [-0.3, -0.25) is 9.69 Å². The molecule has 0 bridgehead atoms. The minimum Gasteiger partial charge on any atom is -0.297 e. The van der Waals surface area contributed by atoms with E-state index in [9.17, 15) is 9.18 Å². The molecule has 1 fully saturated rings. The summed E-state index contributed by atoms with van der Waals surface area (Å²) < 4.78 is 13.3. The highest BCUT2D eigenvalue weighted by atomic mass is 19.1. The molecule has 0 N–H and O–H groups in total. The average molecular weight is 277 g/mol. The van der Waals surface area contributed by atoms with Crippen LogP contribution in [0.3, 0.4) is 0 Å². The Kier molecular flexibility index (Phi) is 4.59. The zero-order valence-electron chi connectivity index (χ0n) is 12.7. The number of Topliss-reactive ketones (excluding diaryl/α,β-unsaturated/α-hetero) is 1. The van der Waals surface area contributed by atoms with E-state index in [4.69, 9.17) is 0 Å². The number of hydrogen-bond acceptors (Lipinski definition) is 2. The lowest BCUT2D eigenvalue weighted by atomic mass is 9.72. The van der Waals surface area contributed by atoms with E-state index in [1.54, 1.807) is 6.07 Å². The van der Waals surface area contributed by atoms with Gasteiger partial charge in [0.05, 0.1) is 5.54 Å². The van der Waals surface area contributed by atoms with Crippen molar-refractivity contribution in [1.29, 1.82) is 0 Å². The molecule has 1 aromatic rings. The quantitative estimate of drug-likeness (QED) is 0.840. The third-order valence-corrected chi connectivity index (χ3v) is 4.60.